The lowest BCUT2D eigenvalue weighted by Crippen LogP contribution is -2.02. The lowest BCUT2D eigenvalue weighted by Gasteiger charge is -2.13. The van der Waals surface area contributed by atoms with Crippen LogP contribution in [0.25, 0.3) is 11.1 Å². The van der Waals surface area contributed by atoms with Gasteiger partial charge in [0.25, 0.3) is 0 Å². The van der Waals surface area contributed by atoms with Crippen molar-refractivity contribution in [1.82, 2.24) is 0 Å². The van der Waals surface area contributed by atoms with Crippen molar-refractivity contribution in [3.63, 3.8) is 0 Å². The van der Waals surface area contributed by atoms with Gasteiger partial charge in [-0.1, -0.05) is 59.6 Å². The van der Waals surface area contributed by atoms with E-state index in [1.54, 1.807) is 24.3 Å². The molecule has 0 radical (unpaired) electrons. The number of benzene rings is 4. The largest absolute Gasteiger partial charge is 0.478 e. The van der Waals surface area contributed by atoms with Crippen molar-refractivity contribution in [2.24, 2.45) is 0 Å². The van der Waals surface area contributed by atoms with Crippen LogP contribution in [0.2, 0.25) is 10.0 Å². The molecule has 0 aliphatic heterocycles. The van der Waals surface area contributed by atoms with E-state index in [9.17, 15) is 9.90 Å². The summed E-state index contributed by atoms with van der Waals surface area (Å²) in [7, 11) is 0. The Morgan fingerprint density at radius 3 is 1.94 bits per heavy atom. The normalized spacial score (nSPS) is 10.5. The maximum atomic E-state index is 11.4. The highest BCUT2D eigenvalue weighted by Crippen LogP contribution is 2.34. The van der Waals surface area contributed by atoms with Gasteiger partial charge in [0.05, 0.1) is 22.0 Å². The summed E-state index contributed by atoms with van der Waals surface area (Å²) in [6.45, 7) is 0. The number of carbonyl (C=O) groups is 1. The number of halogens is 2. The Bertz CT molecular complexity index is 1240. The number of nitrogens with one attached hydrogen (secondary N) is 2. The first-order chi connectivity index (χ1) is 15.0. The van der Waals surface area contributed by atoms with E-state index in [2.05, 4.69) is 10.6 Å². The molecule has 0 aromatic heterocycles. The van der Waals surface area contributed by atoms with Crippen molar-refractivity contribution >= 4 is 51.9 Å². The first-order valence-electron chi connectivity index (χ1n) is 9.52. The summed E-state index contributed by atoms with van der Waals surface area (Å²) in [5.41, 5.74) is 5.02. The fraction of sp³-hybridized carbons (Fsp3) is 0. The highest BCUT2D eigenvalue weighted by Gasteiger charge is 2.10. The molecule has 4 rings (SSSR count). The van der Waals surface area contributed by atoms with Crippen LogP contribution in [-0.2, 0) is 0 Å². The van der Waals surface area contributed by atoms with Crippen LogP contribution in [0.15, 0.2) is 91.0 Å². The van der Waals surface area contributed by atoms with Crippen LogP contribution >= 0.6 is 23.2 Å². The first-order valence-corrected chi connectivity index (χ1v) is 10.3. The maximum Gasteiger partial charge on any atom is 0.337 e. The van der Waals surface area contributed by atoms with Gasteiger partial charge in [-0.2, -0.15) is 0 Å². The molecule has 0 aliphatic carbocycles. The van der Waals surface area contributed by atoms with E-state index >= 15 is 0 Å². The summed E-state index contributed by atoms with van der Waals surface area (Å²) in [6, 6.07) is 27.7. The van der Waals surface area contributed by atoms with Crippen LogP contribution in [0.5, 0.6) is 0 Å². The SMILES string of the molecule is O=C(O)c1ccccc1Nc1ccc(Nc2ccc(-c3ccccc3Cl)cc2Cl)cc1. The van der Waals surface area contributed by atoms with Crippen molar-refractivity contribution < 1.29 is 9.90 Å². The zero-order valence-electron chi connectivity index (χ0n) is 16.3. The summed E-state index contributed by atoms with van der Waals surface area (Å²) in [5.74, 6) is -0.976. The quantitative estimate of drug-likeness (QED) is 0.281. The zero-order valence-corrected chi connectivity index (χ0v) is 17.8. The third-order valence-corrected chi connectivity index (χ3v) is 5.40. The van der Waals surface area contributed by atoms with Crippen LogP contribution in [0.1, 0.15) is 10.4 Å². The van der Waals surface area contributed by atoms with E-state index in [1.165, 1.54) is 0 Å². The van der Waals surface area contributed by atoms with E-state index in [0.717, 1.165) is 28.2 Å². The molecule has 0 bridgehead atoms. The van der Waals surface area contributed by atoms with Gasteiger partial charge in [-0.05, 0) is 60.2 Å². The third-order valence-electron chi connectivity index (χ3n) is 4.75. The molecule has 4 aromatic rings. The molecule has 0 spiro atoms. The number of hydrogen-bond donors (Lipinski definition) is 3. The van der Waals surface area contributed by atoms with Crippen molar-refractivity contribution in [2.45, 2.75) is 0 Å². The summed E-state index contributed by atoms with van der Waals surface area (Å²) < 4.78 is 0. The summed E-state index contributed by atoms with van der Waals surface area (Å²) >= 11 is 12.8. The number of aromatic carboxylic acids is 1. The number of carboxylic acid groups (broad SMARTS) is 1. The minimum Gasteiger partial charge on any atom is -0.478 e. The minimum absolute atomic E-state index is 0.218. The van der Waals surface area contributed by atoms with Crippen molar-refractivity contribution in [2.75, 3.05) is 10.6 Å². The van der Waals surface area contributed by atoms with Crippen LogP contribution in [0.3, 0.4) is 0 Å². The van der Waals surface area contributed by atoms with Gasteiger partial charge in [-0.15, -0.1) is 0 Å². The lowest BCUT2D eigenvalue weighted by atomic mass is 10.1. The van der Waals surface area contributed by atoms with Crippen LogP contribution in [0.4, 0.5) is 22.7 Å². The predicted molar refractivity (Wildman–Crippen MR) is 128 cm³/mol. The van der Waals surface area contributed by atoms with Crippen molar-refractivity contribution in [3.8, 4) is 11.1 Å². The number of para-hydroxylation sites is 1. The molecule has 0 unspecified atom stereocenters. The summed E-state index contributed by atoms with van der Waals surface area (Å²) in [5, 5.41) is 17.0. The van der Waals surface area contributed by atoms with Crippen LogP contribution in [-0.4, -0.2) is 11.1 Å². The molecule has 154 valence electrons. The molecular formula is C25H18Cl2N2O2. The molecular weight excluding hydrogens is 431 g/mol. The molecule has 0 saturated heterocycles. The maximum absolute atomic E-state index is 11.4. The highest BCUT2D eigenvalue weighted by atomic mass is 35.5. The highest BCUT2D eigenvalue weighted by molar-refractivity contribution is 6.34. The van der Waals surface area contributed by atoms with Gasteiger partial charge in [0.15, 0.2) is 0 Å². The van der Waals surface area contributed by atoms with E-state index in [0.29, 0.717) is 15.7 Å². The number of carboxylic acids is 1. The average Bonchev–Trinajstić information content (AvgIpc) is 2.77. The fourth-order valence-electron chi connectivity index (χ4n) is 3.21. The first kappa shape index (κ1) is 20.8. The molecule has 0 atom stereocenters. The summed E-state index contributed by atoms with van der Waals surface area (Å²) in [4.78, 5) is 11.4. The second kappa shape index (κ2) is 9.13. The van der Waals surface area contributed by atoms with Gasteiger partial charge < -0.3 is 15.7 Å². The number of anilines is 4. The monoisotopic (exact) mass is 448 g/mol. The van der Waals surface area contributed by atoms with Gasteiger partial charge in [-0.25, -0.2) is 4.79 Å². The molecule has 0 aliphatic rings. The topological polar surface area (TPSA) is 61.4 Å². The van der Waals surface area contributed by atoms with E-state index in [4.69, 9.17) is 23.2 Å². The smallest absolute Gasteiger partial charge is 0.337 e. The molecule has 0 saturated carbocycles. The van der Waals surface area contributed by atoms with E-state index in [1.807, 2.05) is 66.7 Å². The fourth-order valence-corrected chi connectivity index (χ4v) is 3.68. The number of hydrogen-bond acceptors (Lipinski definition) is 3. The second-order valence-electron chi connectivity index (χ2n) is 6.85. The van der Waals surface area contributed by atoms with Gasteiger partial charge in [-0.3, -0.25) is 0 Å². The van der Waals surface area contributed by atoms with Crippen LogP contribution in [0, 0.1) is 0 Å². The van der Waals surface area contributed by atoms with E-state index < -0.39 is 5.97 Å². The second-order valence-corrected chi connectivity index (χ2v) is 7.67. The minimum atomic E-state index is -0.976. The molecule has 0 heterocycles. The Labute approximate surface area is 190 Å². The third kappa shape index (κ3) is 4.82. The Hall–Kier alpha value is -3.47. The zero-order chi connectivity index (χ0) is 21.8. The standard InChI is InChI=1S/C25H18Cl2N2O2/c26-21-7-3-1-5-19(21)16-9-14-24(22(27)15-16)29-18-12-10-17(11-13-18)28-23-8-4-2-6-20(23)25(30)31/h1-15,28-29H,(H,30,31). The van der Waals surface area contributed by atoms with Gasteiger partial charge in [0, 0.05) is 22.0 Å². The average molecular weight is 449 g/mol. The van der Waals surface area contributed by atoms with Crippen LogP contribution < -0.4 is 10.6 Å². The molecule has 31 heavy (non-hydrogen) atoms. The molecule has 4 nitrogen and oxygen atoms in total. The number of rotatable bonds is 6. The Kier molecular flexibility index (Phi) is 6.12. The van der Waals surface area contributed by atoms with Gasteiger partial charge >= 0.3 is 5.97 Å². The lowest BCUT2D eigenvalue weighted by molar-refractivity contribution is 0.0698. The molecule has 0 fully saturated rings. The van der Waals surface area contributed by atoms with Crippen molar-refractivity contribution in [3.05, 3.63) is 107 Å². The van der Waals surface area contributed by atoms with Crippen molar-refractivity contribution in [1.29, 1.82) is 0 Å². The Balaban J connectivity index is 1.50. The summed E-state index contributed by atoms with van der Waals surface area (Å²) in [6.07, 6.45) is 0. The molecule has 3 N–H and O–H groups in total. The van der Waals surface area contributed by atoms with Gasteiger partial charge in [0.1, 0.15) is 0 Å². The van der Waals surface area contributed by atoms with Gasteiger partial charge in [0.2, 0.25) is 0 Å². The van der Waals surface area contributed by atoms with E-state index in [-0.39, 0.29) is 5.56 Å². The molecule has 4 aromatic carbocycles. The predicted octanol–water partition coefficient (Wildman–Crippen LogP) is 7.85. The molecule has 0 amide bonds. The Morgan fingerprint density at radius 1 is 0.677 bits per heavy atom. The molecule has 6 heteroatoms. The Morgan fingerprint density at radius 2 is 1.29 bits per heavy atom.